The van der Waals surface area contributed by atoms with Crippen LogP contribution in [0.25, 0.3) is 0 Å². The zero-order valence-electron chi connectivity index (χ0n) is 13.8. The van der Waals surface area contributed by atoms with Gasteiger partial charge in [0.05, 0.1) is 5.41 Å². The summed E-state index contributed by atoms with van der Waals surface area (Å²) in [6.07, 6.45) is 2.81. The normalized spacial score (nSPS) is 29.6. The minimum absolute atomic E-state index is 0.113. The number of hydrogen-bond acceptors (Lipinski definition) is 4. The third-order valence-corrected chi connectivity index (χ3v) is 7.98. The topological polar surface area (TPSA) is 30.0 Å². The van der Waals surface area contributed by atoms with Gasteiger partial charge in [-0.1, -0.05) is 24.3 Å². The first kappa shape index (κ1) is 15.4. The van der Waals surface area contributed by atoms with Crippen LogP contribution in [0.4, 0.5) is 0 Å². The van der Waals surface area contributed by atoms with Gasteiger partial charge in [0, 0.05) is 38.4 Å². The van der Waals surface area contributed by atoms with Crippen LogP contribution in [0, 0.1) is 0 Å². The van der Waals surface area contributed by atoms with Crippen molar-refractivity contribution in [2.45, 2.75) is 34.3 Å². The van der Waals surface area contributed by atoms with Crippen molar-refractivity contribution in [3.05, 3.63) is 82.3 Å². The van der Waals surface area contributed by atoms with E-state index in [9.17, 15) is 4.79 Å². The predicted octanol–water partition coefficient (Wildman–Crippen LogP) is 5.32. The van der Waals surface area contributed by atoms with Crippen molar-refractivity contribution in [3.8, 4) is 0 Å². The molecule has 2 nitrogen and oxygen atoms in total. The lowest BCUT2D eigenvalue weighted by molar-refractivity contribution is 0.0637. The molecule has 4 heteroatoms. The van der Waals surface area contributed by atoms with E-state index in [1.807, 2.05) is 46.9 Å². The number of thiophene rings is 1. The van der Waals surface area contributed by atoms with Crippen molar-refractivity contribution in [1.82, 2.24) is 4.98 Å². The molecule has 2 aliphatic rings. The van der Waals surface area contributed by atoms with Crippen LogP contribution in [-0.4, -0.2) is 15.5 Å². The van der Waals surface area contributed by atoms with Crippen LogP contribution in [0.2, 0.25) is 0 Å². The largest absolute Gasteiger partial charge is 0.293 e. The van der Waals surface area contributed by atoms with Gasteiger partial charge in [0.2, 0.25) is 0 Å². The zero-order valence-corrected chi connectivity index (χ0v) is 15.4. The van der Waals surface area contributed by atoms with Gasteiger partial charge in [0.25, 0.3) is 0 Å². The molecule has 0 radical (unpaired) electrons. The molecule has 2 aromatic heterocycles. The second-order valence-corrected chi connectivity index (χ2v) is 9.31. The summed E-state index contributed by atoms with van der Waals surface area (Å²) in [5.41, 5.74) is 2.51. The number of fused-ring (bicyclic) bond motifs is 3. The minimum atomic E-state index is -0.524. The van der Waals surface area contributed by atoms with E-state index < -0.39 is 5.41 Å². The van der Waals surface area contributed by atoms with Crippen LogP contribution in [0.15, 0.2) is 70.4 Å². The Bertz CT molecular complexity index is 953. The molecule has 1 fully saturated rings. The molecular weight excluding hydrogens is 346 g/mol. The van der Waals surface area contributed by atoms with E-state index >= 15 is 0 Å². The van der Waals surface area contributed by atoms with Gasteiger partial charge in [-0.15, -0.1) is 11.8 Å². The van der Waals surface area contributed by atoms with Crippen LogP contribution in [-0.2, 0) is 5.41 Å². The van der Waals surface area contributed by atoms with E-state index in [4.69, 9.17) is 0 Å². The maximum atomic E-state index is 13.8. The number of hydrogen-bond donors (Lipinski definition) is 0. The second-order valence-electron chi connectivity index (χ2n) is 6.99. The summed E-state index contributed by atoms with van der Waals surface area (Å²) in [6, 6.07) is 16.4. The number of benzene rings is 1. The third kappa shape index (κ3) is 1.87. The lowest BCUT2D eigenvalue weighted by atomic mass is 9.47. The number of thioether (sulfide) groups is 1. The smallest absolute Gasteiger partial charge is 0.176 e. The van der Waals surface area contributed by atoms with Gasteiger partial charge < -0.3 is 0 Å². The molecule has 3 atom stereocenters. The SMILES string of the molecule is C[C@]12C[C@H](c3ccccn3)[C@@]1(C(=O)c1ccsc1)c1ccccc1S2. The molecule has 0 saturated heterocycles. The molecule has 1 aliphatic carbocycles. The molecule has 5 rings (SSSR count). The third-order valence-electron chi connectivity index (χ3n) is 5.78. The number of pyridine rings is 1. The fourth-order valence-corrected chi connectivity index (χ4v) is 7.07. The molecule has 1 saturated carbocycles. The summed E-state index contributed by atoms with van der Waals surface area (Å²) in [6.45, 7) is 2.25. The summed E-state index contributed by atoms with van der Waals surface area (Å²) >= 11 is 3.45. The number of Topliss-reactive ketones (excluding diaryl/α,β-unsaturated/α-hetero) is 1. The Hall–Kier alpha value is -1.91. The van der Waals surface area contributed by atoms with Crippen LogP contribution in [0.5, 0.6) is 0 Å². The van der Waals surface area contributed by atoms with Crippen molar-refractivity contribution in [3.63, 3.8) is 0 Å². The monoisotopic (exact) mass is 363 g/mol. The molecule has 0 bridgehead atoms. The van der Waals surface area contributed by atoms with Crippen molar-refractivity contribution in [2.24, 2.45) is 0 Å². The number of carbonyl (C=O) groups is 1. The molecule has 0 amide bonds. The molecule has 3 aromatic rings. The lowest BCUT2D eigenvalue weighted by Gasteiger charge is -2.58. The summed E-state index contributed by atoms with van der Waals surface area (Å²) in [5, 5.41) is 3.97. The van der Waals surface area contributed by atoms with Gasteiger partial charge in [-0.3, -0.25) is 9.78 Å². The van der Waals surface area contributed by atoms with Crippen LogP contribution < -0.4 is 0 Å². The van der Waals surface area contributed by atoms with E-state index in [0.29, 0.717) is 0 Å². The van der Waals surface area contributed by atoms with Crippen LogP contribution in [0.1, 0.15) is 40.9 Å². The average molecular weight is 364 g/mol. The Kier molecular flexibility index (Phi) is 3.25. The standard InChI is InChI=1S/C21H17NOS2/c1-20-12-16(17-7-4-5-10-22-17)21(20,19(23)14-9-11-24-13-14)15-6-2-3-8-18(15)25-20/h2-11,13,16H,12H2,1H3/t16-,20+,21-/m1/s1. The van der Waals surface area contributed by atoms with Gasteiger partial charge >= 0.3 is 0 Å². The zero-order chi connectivity index (χ0) is 17.1. The van der Waals surface area contributed by atoms with Crippen molar-refractivity contribution >= 4 is 28.9 Å². The molecule has 25 heavy (non-hydrogen) atoms. The molecule has 0 N–H and O–H groups in total. The maximum Gasteiger partial charge on any atom is 0.176 e. The van der Waals surface area contributed by atoms with Crippen molar-refractivity contribution in [2.75, 3.05) is 0 Å². The highest BCUT2D eigenvalue weighted by molar-refractivity contribution is 8.01. The Labute approximate surface area is 155 Å². The maximum absolute atomic E-state index is 13.8. The van der Waals surface area contributed by atoms with Gasteiger partial charge in [-0.2, -0.15) is 11.3 Å². The first-order valence-electron chi connectivity index (χ1n) is 8.43. The Morgan fingerprint density at radius 2 is 2.00 bits per heavy atom. The molecule has 0 spiro atoms. The van der Waals surface area contributed by atoms with Crippen molar-refractivity contribution in [1.29, 1.82) is 0 Å². The highest BCUT2D eigenvalue weighted by Crippen LogP contribution is 2.73. The Morgan fingerprint density at radius 3 is 2.76 bits per heavy atom. The number of aromatic nitrogens is 1. The number of carbonyl (C=O) groups excluding carboxylic acids is 1. The van der Waals surface area contributed by atoms with E-state index in [1.54, 1.807) is 11.3 Å². The number of rotatable bonds is 3. The summed E-state index contributed by atoms with van der Waals surface area (Å²) in [7, 11) is 0. The van der Waals surface area contributed by atoms with E-state index in [2.05, 4.69) is 42.2 Å². The van der Waals surface area contributed by atoms with E-state index in [0.717, 1.165) is 17.7 Å². The molecule has 3 heterocycles. The number of ketones is 1. The van der Waals surface area contributed by atoms with Gasteiger partial charge in [-0.05, 0) is 48.6 Å². The fourth-order valence-electron chi connectivity index (χ4n) is 4.71. The summed E-state index contributed by atoms with van der Waals surface area (Å²) < 4.78 is -0.113. The predicted molar refractivity (Wildman–Crippen MR) is 103 cm³/mol. The van der Waals surface area contributed by atoms with Gasteiger partial charge in [0.1, 0.15) is 0 Å². The highest BCUT2D eigenvalue weighted by Gasteiger charge is 2.72. The van der Waals surface area contributed by atoms with Gasteiger partial charge in [-0.25, -0.2) is 0 Å². The minimum Gasteiger partial charge on any atom is -0.293 e. The molecule has 1 aromatic carbocycles. The lowest BCUT2D eigenvalue weighted by Crippen LogP contribution is -2.64. The molecule has 1 aliphatic heterocycles. The quantitative estimate of drug-likeness (QED) is 0.590. The first-order chi connectivity index (χ1) is 12.2. The van der Waals surface area contributed by atoms with Gasteiger partial charge in [0.15, 0.2) is 5.78 Å². The van der Waals surface area contributed by atoms with E-state index in [-0.39, 0.29) is 16.4 Å². The Morgan fingerprint density at radius 1 is 1.16 bits per heavy atom. The average Bonchev–Trinajstić information content (AvgIpc) is 3.22. The molecule has 124 valence electrons. The van der Waals surface area contributed by atoms with Crippen LogP contribution >= 0.6 is 23.1 Å². The van der Waals surface area contributed by atoms with E-state index in [1.165, 1.54) is 10.5 Å². The first-order valence-corrected chi connectivity index (χ1v) is 10.2. The van der Waals surface area contributed by atoms with Crippen molar-refractivity contribution < 1.29 is 4.79 Å². The molecular formula is C21H17NOS2. The second kappa shape index (κ2) is 5.29. The number of nitrogens with zero attached hydrogens (tertiary/aromatic N) is 1. The van der Waals surface area contributed by atoms with Crippen LogP contribution in [0.3, 0.4) is 0 Å². The summed E-state index contributed by atoms with van der Waals surface area (Å²) in [5.74, 6) is 0.373. The summed E-state index contributed by atoms with van der Waals surface area (Å²) in [4.78, 5) is 19.7. The molecule has 0 unspecified atom stereocenters. The Balaban J connectivity index is 1.76. The fraction of sp³-hybridized carbons (Fsp3) is 0.238. The highest BCUT2D eigenvalue weighted by atomic mass is 32.2.